The van der Waals surface area contributed by atoms with Crippen LogP contribution in [0.2, 0.25) is 0 Å². The minimum absolute atomic E-state index is 0.132. The SMILES string of the molecule is CC(C)(C)c1ccc(-c2nnc(-c3ccc(C(C)(C)C)cc3)o2)cc1.CC(C)(C)c1ccc(N(c2ccccc2)c2ccc(C(C)(C)C)cc2)cc1. The van der Waals surface area contributed by atoms with Crippen molar-refractivity contribution in [3.05, 3.63) is 150 Å². The first-order valence-electron chi connectivity index (χ1n) is 18.4. The van der Waals surface area contributed by atoms with Crippen molar-refractivity contribution in [1.29, 1.82) is 0 Å². The van der Waals surface area contributed by atoms with Gasteiger partial charge in [-0.3, -0.25) is 0 Å². The fraction of sp³-hybridized carbons (Fsp3) is 0.333. The van der Waals surface area contributed by atoms with Gasteiger partial charge in [0.1, 0.15) is 0 Å². The normalized spacial score (nSPS) is 12.2. The summed E-state index contributed by atoms with van der Waals surface area (Å²) in [5.41, 5.74) is 11.3. The maximum Gasteiger partial charge on any atom is 0.248 e. The van der Waals surface area contributed by atoms with Gasteiger partial charge in [-0.2, -0.15) is 0 Å². The number of anilines is 3. The molecule has 0 unspecified atom stereocenters. The van der Waals surface area contributed by atoms with Crippen LogP contribution < -0.4 is 4.90 Å². The molecule has 0 bridgehead atoms. The molecule has 0 fully saturated rings. The number of hydrogen-bond acceptors (Lipinski definition) is 4. The molecule has 0 N–H and O–H groups in total. The van der Waals surface area contributed by atoms with Gasteiger partial charge in [0.2, 0.25) is 11.8 Å². The van der Waals surface area contributed by atoms with Crippen LogP contribution in [0.3, 0.4) is 0 Å². The lowest BCUT2D eigenvalue weighted by Gasteiger charge is -2.28. The van der Waals surface area contributed by atoms with Crippen molar-refractivity contribution in [2.24, 2.45) is 0 Å². The second-order valence-electron chi connectivity index (χ2n) is 17.8. The summed E-state index contributed by atoms with van der Waals surface area (Å²) >= 11 is 0. The average molecular weight is 692 g/mol. The van der Waals surface area contributed by atoms with Gasteiger partial charge in [0.05, 0.1) is 0 Å². The molecule has 0 saturated carbocycles. The quantitative estimate of drug-likeness (QED) is 0.180. The number of benzene rings is 5. The van der Waals surface area contributed by atoms with Gasteiger partial charge in [0.25, 0.3) is 0 Å². The van der Waals surface area contributed by atoms with Crippen molar-refractivity contribution >= 4 is 17.1 Å². The summed E-state index contributed by atoms with van der Waals surface area (Å²) in [6.07, 6.45) is 0. The molecule has 0 aliphatic heterocycles. The smallest absolute Gasteiger partial charge is 0.248 e. The highest BCUT2D eigenvalue weighted by atomic mass is 16.4. The van der Waals surface area contributed by atoms with E-state index in [4.69, 9.17) is 4.42 Å². The first kappa shape index (κ1) is 38.3. The molecule has 1 aromatic heterocycles. The largest absolute Gasteiger partial charge is 0.416 e. The fourth-order valence-electron chi connectivity index (χ4n) is 5.93. The van der Waals surface area contributed by atoms with Crippen LogP contribution in [0.15, 0.2) is 132 Å². The van der Waals surface area contributed by atoms with Crippen molar-refractivity contribution in [2.75, 3.05) is 4.90 Å². The van der Waals surface area contributed by atoms with E-state index in [0.29, 0.717) is 11.8 Å². The summed E-state index contributed by atoms with van der Waals surface area (Å²) < 4.78 is 5.88. The van der Waals surface area contributed by atoms with Gasteiger partial charge in [0, 0.05) is 28.2 Å². The predicted octanol–water partition coefficient (Wildman–Crippen LogP) is 13.7. The summed E-state index contributed by atoms with van der Waals surface area (Å²) in [5, 5.41) is 8.42. The molecule has 4 nitrogen and oxygen atoms in total. The minimum Gasteiger partial charge on any atom is -0.416 e. The Morgan fingerprint density at radius 3 is 0.904 bits per heavy atom. The zero-order valence-electron chi connectivity index (χ0n) is 33.4. The van der Waals surface area contributed by atoms with E-state index in [1.807, 2.05) is 24.3 Å². The molecule has 0 aliphatic rings. The van der Waals surface area contributed by atoms with Crippen molar-refractivity contribution in [2.45, 2.75) is 105 Å². The van der Waals surface area contributed by atoms with Gasteiger partial charge in [-0.25, -0.2) is 0 Å². The summed E-state index contributed by atoms with van der Waals surface area (Å²) in [4.78, 5) is 2.32. The molecule has 0 atom stereocenters. The number of hydrogen-bond donors (Lipinski definition) is 0. The molecular formula is C48H57N3O. The lowest BCUT2D eigenvalue weighted by molar-refractivity contribution is 0.580. The molecular weight excluding hydrogens is 635 g/mol. The second kappa shape index (κ2) is 14.9. The summed E-state index contributed by atoms with van der Waals surface area (Å²) in [6, 6.07) is 45.1. The number of rotatable bonds is 5. The van der Waals surface area contributed by atoms with E-state index in [2.05, 4.69) is 201 Å². The zero-order chi connectivity index (χ0) is 37.9. The lowest BCUT2D eigenvalue weighted by atomic mass is 9.86. The van der Waals surface area contributed by atoms with E-state index in [-0.39, 0.29) is 21.7 Å². The Hall–Kier alpha value is -4.96. The maximum absolute atomic E-state index is 5.88. The first-order chi connectivity index (χ1) is 24.3. The molecule has 1 heterocycles. The number of aromatic nitrogens is 2. The summed E-state index contributed by atoms with van der Waals surface area (Å²) in [6.45, 7) is 26.7. The third-order valence-corrected chi connectivity index (χ3v) is 9.42. The molecule has 52 heavy (non-hydrogen) atoms. The van der Waals surface area contributed by atoms with E-state index in [1.165, 1.54) is 39.3 Å². The zero-order valence-corrected chi connectivity index (χ0v) is 33.4. The third kappa shape index (κ3) is 9.47. The van der Waals surface area contributed by atoms with Gasteiger partial charge >= 0.3 is 0 Å². The Labute approximate surface area is 313 Å². The van der Waals surface area contributed by atoms with E-state index >= 15 is 0 Å². The molecule has 0 saturated heterocycles. The second-order valence-corrected chi connectivity index (χ2v) is 17.8. The minimum atomic E-state index is 0.132. The van der Waals surface area contributed by atoms with E-state index in [1.54, 1.807) is 0 Å². The third-order valence-electron chi connectivity index (χ3n) is 9.42. The highest BCUT2D eigenvalue weighted by Gasteiger charge is 2.19. The molecule has 0 radical (unpaired) electrons. The van der Waals surface area contributed by atoms with Gasteiger partial charge in [0.15, 0.2) is 0 Å². The highest BCUT2D eigenvalue weighted by molar-refractivity contribution is 5.76. The van der Waals surface area contributed by atoms with Gasteiger partial charge in [-0.05, 0) is 105 Å². The van der Waals surface area contributed by atoms with E-state index in [0.717, 1.165) is 11.1 Å². The van der Waals surface area contributed by atoms with E-state index in [9.17, 15) is 0 Å². The van der Waals surface area contributed by atoms with Crippen LogP contribution in [0.1, 0.15) is 105 Å². The molecule has 270 valence electrons. The molecule has 6 rings (SSSR count). The monoisotopic (exact) mass is 691 g/mol. The predicted molar refractivity (Wildman–Crippen MR) is 221 cm³/mol. The van der Waals surface area contributed by atoms with Gasteiger partial charge in [-0.1, -0.05) is 150 Å². The van der Waals surface area contributed by atoms with Crippen LogP contribution in [0.25, 0.3) is 22.9 Å². The van der Waals surface area contributed by atoms with Gasteiger partial charge in [-0.15, -0.1) is 10.2 Å². The highest BCUT2D eigenvalue weighted by Crippen LogP contribution is 2.37. The Kier molecular flexibility index (Phi) is 11.0. The Balaban J connectivity index is 0.000000202. The van der Waals surface area contributed by atoms with Crippen LogP contribution >= 0.6 is 0 Å². The van der Waals surface area contributed by atoms with Crippen LogP contribution in [-0.4, -0.2) is 10.2 Å². The first-order valence-corrected chi connectivity index (χ1v) is 18.4. The van der Waals surface area contributed by atoms with Crippen molar-refractivity contribution < 1.29 is 4.42 Å². The fourth-order valence-corrected chi connectivity index (χ4v) is 5.93. The molecule has 0 aliphatic carbocycles. The Morgan fingerprint density at radius 2 is 0.615 bits per heavy atom. The number of nitrogens with zero attached hydrogens (tertiary/aromatic N) is 3. The maximum atomic E-state index is 5.88. The van der Waals surface area contributed by atoms with Crippen molar-refractivity contribution in [1.82, 2.24) is 10.2 Å². The standard InChI is InChI=1S/C26H31N.C22H26N2O/c1-25(2,3)20-12-16-23(17-13-20)27(22-10-8-7-9-11-22)24-18-14-21(15-19-24)26(4,5)6;1-21(2,3)17-11-7-15(8-12-17)19-23-24-20(25-19)16-9-13-18(14-10-16)22(4,5)6/h7-19H,1-6H3;7-14H,1-6H3. The summed E-state index contributed by atoms with van der Waals surface area (Å²) in [7, 11) is 0. The Morgan fingerprint density at radius 1 is 0.346 bits per heavy atom. The molecule has 6 aromatic rings. The van der Waals surface area contributed by atoms with Crippen molar-refractivity contribution in [3.63, 3.8) is 0 Å². The topological polar surface area (TPSA) is 42.2 Å². The Bertz CT molecular complexity index is 1880. The molecule has 5 aromatic carbocycles. The molecule has 0 amide bonds. The van der Waals surface area contributed by atoms with Crippen LogP contribution in [0.4, 0.5) is 17.1 Å². The van der Waals surface area contributed by atoms with Crippen LogP contribution in [0.5, 0.6) is 0 Å². The molecule has 4 heteroatoms. The summed E-state index contributed by atoms with van der Waals surface area (Å²) in [5.74, 6) is 1.10. The van der Waals surface area contributed by atoms with Crippen LogP contribution in [-0.2, 0) is 21.7 Å². The van der Waals surface area contributed by atoms with Crippen molar-refractivity contribution in [3.8, 4) is 22.9 Å². The lowest BCUT2D eigenvalue weighted by Crippen LogP contribution is -2.14. The molecule has 0 spiro atoms. The number of para-hydroxylation sites is 1. The van der Waals surface area contributed by atoms with Crippen LogP contribution in [0, 0.1) is 0 Å². The van der Waals surface area contributed by atoms with Gasteiger partial charge < -0.3 is 9.32 Å². The average Bonchev–Trinajstić information content (AvgIpc) is 3.59. The van der Waals surface area contributed by atoms with E-state index < -0.39 is 0 Å².